The van der Waals surface area contributed by atoms with E-state index in [1.807, 2.05) is 0 Å². The van der Waals surface area contributed by atoms with E-state index in [1.165, 1.54) is 173 Å². The van der Waals surface area contributed by atoms with Crippen LogP contribution in [0.15, 0.2) is 201 Å². The number of aromatic nitrogens is 7. The van der Waals surface area contributed by atoms with Gasteiger partial charge in [-0.15, -0.1) is 0 Å². The lowest BCUT2D eigenvalue weighted by Crippen LogP contribution is -2.65. The van der Waals surface area contributed by atoms with Gasteiger partial charge in [-0.1, -0.05) is 87.5 Å². The summed E-state index contributed by atoms with van der Waals surface area (Å²) in [6, 6.07) is 63.7. The number of aryl methyl sites for hydroxylation is 7. The van der Waals surface area contributed by atoms with Crippen LogP contribution in [0.1, 0.15) is 252 Å². The van der Waals surface area contributed by atoms with Crippen molar-refractivity contribution in [2.45, 2.75) is 307 Å². The summed E-state index contributed by atoms with van der Waals surface area (Å²) >= 11 is 0. The molecule has 18 aliphatic rings. The van der Waals surface area contributed by atoms with E-state index in [1.54, 1.807) is 16.7 Å². The number of benzene rings is 3. The summed E-state index contributed by atoms with van der Waals surface area (Å²) in [5, 5.41) is 0. The fourth-order valence-electron chi connectivity index (χ4n) is 27.8. The Morgan fingerprint density at radius 2 is 0.727 bits per heavy atom. The lowest BCUT2D eigenvalue weighted by atomic mass is 9.59. The van der Waals surface area contributed by atoms with Crippen LogP contribution >= 0.6 is 0 Å². The number of para-hydroxylation sites is 1. The molecule has 14 bridgehead atoms. The molecule has 11 saturated heterocycles. The molecule has 121 heavy (non-hydrogen) atoms. The molecule has 646 valence electrons. The first-order valence-corrected chi connectivity index (χ1v) is 47.2. The lowest BCUT2D eigenvalue weighted by molar-refractivity contribution is 0.0496. The van der Waals surface area contributed by atoms with Crippen LogP contribution in [0.25, 0.3) is 0 Å². The van der Waals surface area contributed by atoms with Crippen molar-refractivity contribution in [2.75, 3.05) is 45.7 Å². The third kappa shape index (κ3) is 13.5. The van der Waals surface area contributed by atoms with Gasteiger partial charge < -0.3 is 71.2 Å². The molecule has 12 aliphatic heterocycles. The molecule has 28 rings (SSSR count). The first-order chi connectivity index (χ1) is 57.8. The molecule has 3 aromatic carbocycles. The molecule has 15 nitrogen and oxygen atoms in total. The second-order valence-corrected chi connectivity index (χ2v) is 42.2. The molecule has 7 aromatic heterocycles. The molecular formula is C106H147N15. The summed E-state index contributed by atoms with van der Waals surface area (Å²) in [6.07, 6.45) is 40.3. The highest BCUT2D eigenvalue weighted by molar-refractivity contribution is 5.72. The molecule has 0 spiro atoms. The first kappa shape index (κ1) is 82.9. The van der Waals surface area contributed by atoms with Gasteiger partial charge in [-0.05, 0) is 328 Å². The van der Waals surface area contributed by atoms with Crippen LogP contribution in [-0.2, 0) is 65.8 Å². The van der Waals surface area contributed by atoms with Gasteiger partial charge in [-0.3, -0.25) is 0 Å². The van der Waals surface area contributed by atoms with Crippen molar-refractivity contribution < 1.29 is 0 Å². The van der Waals surface area contributed by atoms with E-state index in [0.29, 0.717) is 70.2 Å². The second-order valence-electron chi connectivity index (χ2n) is 42.2. The number of nitrogens with zero attached hydrogens (tertiary/aromatic N) is 15. The van der Waals surface area contributed by atoms with E-state index in [4.69, 9.17) is 0 Å². The van der Waals surface area contributed by atoms with Crippen LogP contribution < -0.4 is 39.2 Å². The Kier molecular flexibility index (Phi) is 21.3. The molecule has 0 amide bonds. The van der Waals surface area contributed by atoms with Gasteiger partial charge in [0.25, 0.3) is 0 Å². The lowest BCUT2D eigenvalue weighted by Gasteiger charge is -2.62. The normalized spacial score (nSPS) is 34.5. The zero-order valence-corrected chi connectivity index (χ0v) is 77.7. The van der Waals surface area contributed by atoms with Crippen molar-refractivity contribution in [3.63, 3.8) is 0 Å². The minimum atomic E-state index is 0.0854. The summed E-state index contributed by atoms with van der Waals surface area (Å²) in [5.41, 5.74) is 11.4. The molecule has 6 aliphatic carbocycles. The minimum Gasteiger partial charge on any atom is -0.352 e. The fourth-order valence-corrected chi connectivity index (χ4v) is 27.8. The summed E-state index contributed by atoms with van der Waals surface area (Å²) in [4.78, 5) is 21.0. The highest BCUT2D eigenvalue weighted by Gasteiger charge is 2.63. The van der Waals surface area contributed by atoms with Crippen LogP contribution in [-0.4, -0.2) is 104 Å². The molecule has 15 heteroatoms. The predicted molar refractivity (Wildman–Crippen MR) is 506 cm³/mol. The fraction of sp³-hybridized carbons (Fsp3) is 0.566. The Bertz CT molecular complexity index is 5260. The third-order valence-corrected chi connectivity index (χ3v) is 35.5. The summed E-state index contributed by atoms with van der Waals surface area (Å²) in [6.45, 7) is 34.9. The van der Waals surface area contributed by atoms with Gasteiger partial charge in [0.2, 0.25) is 0 Å². The first-order valence-electron chi connectivity index (χ1n) is 47.2. The third-order valence-electron chi connectivity index (χ3n) is 35.5. The van der Waals surface area contributed by atoms with Crippen molar-refractivity contribution in [3.8, 4) is 0 Å². The van der Waals surface area contributed by atoms with Crippen molar-refractivity contribution in [1.82, 2.24) is 32.0 Å². The number of hydrogen-bond acceptors (Lipinski definition) is 8. The molecule has 0 N–H and O–H groups in total. The van der Waals surface area contributed by atoms with Crippen molar-refractivity contribution >= 4 is 46.4 Å². The van der Waals surface area contributed by atoms with Crippen molar-refractivity contribution in [3.05, 3.63) is 229 Å². The Balaban J connectivity index is 0.0000000968. The highest BCUT2D eigenvalue weighted by atomic mass is 15.5. The zero-order chi connectivity index (χ0) is 84.9. The Labute approximate surface area is 727 Å². The maximum absolute atomic E-state index is 2.69. The number of hydrogen-bond donors (Lipinski definition) is 0. The van der Waals surface area contributed by atoms with E-state index in [9.17, 15) is 0 Å². The molecule has 12 unspecified atom stereocenters. The summed E-state index contributed by atoms with van der Waals surface area (Å²) in [7, 11) is 15.0. The minimum absolute atomic E-state index is 0.0854. The summed E-state index contributed by atoms with van der Waals surface area (Å²) in [5.74, 6) is 12.2. The van der Waals surface area contributed by atoms with Gasteiger partial charge in [-0.2, -0.15) is 0 Å². The molecule has 4 saturated carbocycles. The van der Waals surface area contributed by atoms with E-state index >= 15 is 0 Å². The Hall–Kier alpha value is -8.98. The van der Waals surface area contributed by atoms with Gasteiger partial charge in [0.15, 0.2) is 0 Å². The van der Waals surface area contributed by atoms with Crippen molar-refractivity contribution in [1.29, 1.82) is 0 Å². The SMILES string of the molecule is CC1C2CC(c3ccccc32)N1c1cccn1C.CC1C2CCC(C)(CC2)N1c1cccn1C.CC1C2CCC(CC2)N1c1cccn1C.CC1N(c2cccn2C)C2(C)CC1(C)c1ccccc12.CC1N(c2cccn2C)C2(C)CCC1(C)CC2.CC1N(c2cccn2C)C2CCC1(C)CC2.CC1N2CC(C)(c3ccccc32)N1c1cccn1C. The number of anilines is 8. The number of rotatable bonds is 7. The number of piperidine rings is 8. The second kappa shape index (κ2) is 31.1. The van der Waals surface area contributed by atoms with E-state index < -0.39 is 0 Å². The molecule has 10 aromatic rings. The van der Waals surface area contributed by atoms with Gasteiger partial charge in [0.1, 0.15) is 46.9 Å². The average molecular weight is 1630 g/mol. The van der Waals surface area contributed by atoms with E-state index in [-0.39, 0.29) is 16.5 Å². The monoisotopic (exact) mass is 1630 g/mol. The van der Waals surface area contributed by atoms with Gasteiger partial charge in [-0.25, -0.2) is 0 Å². The molecule has 19 heterocycles. The van der Waals surface area contributed by atoms with Crippen LogP contribution in [0, 0.1) is 22.7 Å². The quantitative estimate of drug-likeness (QED) is 0.156. The van der Waals surface area contributed by atoms with Crippen molar-refractivity contribution in [2.24, 2.45) is 72.0 Å². The van der Waals surface area contributed by atoms with Gasteiger partial charge in [0, 0.05) is 181 Å². The average Bonchev–Trinajstić information content (AvgIpc) is 1.52. The van der Waals surface area contributed by atoms with E-state index in [2.05, 4.69) is 419 Å². The Morgan fingerprint density at radius 1 is 0.306 bits per heavy atom. The van der Waals surface area contributed by atoms with Crippen LogP contribution in [0.3, 0.4) is 0 Å². The smallest absolute Gasteiger partial charge is 0.110 e. The van der Waals surface area contributed by atoms with Gasteiger partial charge >= 0.3 is 0 Å². The standard InChI is InChI=1S/C18H22N2.C16H19N3.C16H18N2.C15H24N2.2C14H22N2.C13H20N2/c1-13-17(2)12-18(3,15-9-6-5-8-14(15)17)20(13)16-10-7-11-19(16)4;1-12-18-11-16(2,13-7-4-5-8-14(13)18)19(12)15-9-6-10-17(15)3;1-11-14-10-15(13-7-4-3-6-12(13)14)18(11)16-8-5-9-17(16)2;1-12-14(2)7-9-15(3,10-8-14)17(12)13-6-5-11-16(13)4;1-11-14(2)8-6-12(7-9-14)16(11)13-5-4-10-15(13)3;1-11-12-6-8-14(2,9-7-12)16(11)13-5-4-10-15(13)3;1-10-11-5-7-12(8-6-11)15(10)13-4-3-9-14(13)2/h5-11,13H,12H2,1-4H3;4-10,12H,11H2,1-3H3;3-9,11,14-15H,10H2,1-2H3;5-6,11-12H,7-10H2,1-4H3;2*4-5,10-12H,6-9H2,1-3H3;3-4,9-12H,5-8H2,1-2H3. The topological polar surface area (TPSA) is 60.4 Å². The van der Waals surface area contributed by atoms with Gasteiger partial charge in [0.05, 0.1) is 17.1 Å². The van der Waals surface area contributed by atoms with Crippen LogP contribution in [0.2, 0.25) is 0 Å². The van der Waals surface area contributed by atoms with E-state index in [0.717, 1.165) is 36.5 Å². The highest BCUT2D eigenvalue weighted by Crippen LogP contribution is 2.63. The van der Waals surface area contributed by atoms with Crippen LogP contribution in [0.4, 0.5) is 46.4 Å². The molecule has 15 fully saturated rings. The molecule has 0 radical (unpaired) electrons. The zero-order valence-electron chi connectivity index (χ0n) is 77.7. The maximum Gasteiger partial charge on any atom is 0.110 e. The largest absolute Gasteiger partial charge is 0.352 e. The number of fused-ring (bicyclic) bond motifs is 27. The molecular weight excluding hydrogens is 1480 g/mol. The predicted octanol–water partition coefficient (Wildman–Crippen LogP) is 22.9. The molecule has 12 atom stereocenters. The maximum atomic E-state index is 2.69. The Morgan fingerprint density at radius 3 is 1.24 bits per heavy atom. The van der Waals surface area contributed by atoms with Crippen LogP contribution in [0.5, 0.6) is 0 Å². The summed E-state index contributed by atoms with van der Waals surface area (Å²) < 4.78 is 15.8.